The highest BCUT2D eigenvalue weighted by Gasteiger charge is 2.19. The van der Waals surface area contributed by atoms with Crippen molar-refractivity contribution in [2.75, 3.05) is 19.6 Å². The molecule has 0 bridgehead atoms. The Labute approximate surface area is 89.2 Å². The van der Waals surface area contributed by atoms with E-state index < -0.39 is 5.97 Å². The van der Waals surface area contributed by atoms with E-state index in [2.05, 4.69) is 10.6 Å². The van der Waals surface area contributed by atoms with Crippen LogP contribution in [0.4, 0.5) is 0 Å². The van der Waals surface area contributed by atoms with Gasteiger partial charge in [-0.1, -0.05) is 0 Å². The van der Waals surface area contributed by atoms with E-state index in [-0.39, 0.29) is 18.2 Å². The zero-order valence-electron chi connectivity index (χ0n) is 8.79. The minimum absolute atomic E-state index is 0.0487. The average Bonchev–Trinajstić information content (AvgIpc) is 2.25. The largest absolute Gasteiger partial charge is 0.481 e. The number of rotatable bonds is 5. The molecule has 1 aliphatic rings. The number of piperidine rings is 1. The maximum absolute atomic E-state index is 11.5. The van der Waals surface area contributed by atoms with Crippen LogP contribution in [0.2, 0.25) is 0 Å². The van der Waals surface area contributed by atoms with E-state index in [1.54, 1.807) is 0 Å². The fourth-order valence-corrected chi connectivity index (χ4v) is 1.67. The molecule has 0 unspecified atom stereocenters. The SMILES string of the molecule is O=C(O)CCCNC(=O)[C@H]1CCCNC1. The summed E-state index contributed by atoms with van der Waals surface area (Å²) in [6.45, 7) is 2.19. The molecule has 1 fully saturated rings. The third kappa shape index (κ3) is 4.78. The molecule has 0 aromatic heterocycles. The van der Waals surface area contributed by atoms with Gasteiger partial charge in [-0.05, 0) is 25.8 Å². The molecular formula is C10H18N2O3. The van der Waals surface area contributed by atoms with Crippen molar-refractivity contribution in [2.45, 2.75) is 25.7 Å². The summed E-state index contributed by atoms with van der Waals surface area (Å²) < 4.78 is 0. The summed E-state index contributed by atoms with van der Waals surface area (Å²) in [5.41, 5.74) is 0. The first-order valence-electron chi connectivity index (χ1n) is 5.40. The first-order chi connectivity index (χ1) is 7.20. The fraction of sp³-hybridized carbons (Fsp3) is 0.800. The van der Waals surface area contributed by atoms with Crippen LogP contribution in [0, 0.1) is 5.92 Å². The maximum atomic E-state index is 11.5. The predicted molar refractivity (Wildman–Crippen MR) is 55.5 cm³/mol. The van der Waals surface area contributed by atoms with Gasteiger partial charge in [-0.2, -0.15) is 0 Å². The Morgan fingerprint density at radius 1 is 1.47 bits per heavy atom. The van der Waals surface area contributed by atoms with Crippen LogP contribution in [0.1, 0.15) is 25.7 Å². The highest BCUT2D eigenvalue weighted by molar-refractivity contribution is 5.79. The second kappa shape index (κ2) is 6.40. The Bertz CT molecular complexity index is 225. The maximum Gasteiger partial charge on any atom is 0.303 e. The van der Waals surface area contributed by atoms with Gasteiger partial charge >= 0.3 is 5.97 Å². The summed E-state index contributed by atoms with van der Waals surface area (Å²) in [5, 5.41) is 14.3. The van der Waals surface area contributed by atoms with Crippen molar-refractivity contribution in [3.8, 4) is 0 Å². The number of hydrogen-bond donors (Lipinski definition) is 3. The van der Waals surface area contributed by atoms with E-state index in [1.165, 1.54) is 0 Å². The van der Waals surface area contributed by atoms with E-state index in [0.717, 1.165) is 25.9 Å². The fourth-order valence-electron chi connectivity index (χ4n) is 1.67. The first-order valence-corrected chi connectivity index (χ1v) is 5.40. The third-order valence-corrected chi connectivity index (χ3v) is 2.53. The van der Waals surface area contributed by atoms with E-state index in [9.17, 15) is 9.59 Å². The number of nitrogens with one attached hydrogen (secondary N) is 2. The van der Waals surface area contributed by atoms with E-state index in [4.69, 9.17) is 5.11 Å². The number of hydrogen-bond acceptors (Lipinski definition) is 3. The van der Waals surface area contributed by atoms with Crippen LogP contribution in [0.5, 0.6) is 0 Å². The van der Waals surface area contributed by atoms with Gasteiger partial charge in [-0.25, -0.2) is 0 Å². The Hall–Kier alpha value is -1.10. The zero-order chi connectivity index (χ0) is 11.1. The standard InChI is InChI=1S/C10H18N2O3/c13-9(14)4-2-6-12-10(15)8-3-1-5-11-7-8/h8,11H,1-7H2,(H,12,15)(H,13,14)/t8-/m0/s1. The van der Waals surface area contributed by atoms with Gasteiger partial charge in [0.25, 0.3) is 0 Å². The lowest BCUT2D eigenvalue weighted by molar-refractivity contribution is -0.137. The number of carbonyl (C=O) groups is 2. The highest BCUT2D eigenvalue weighted by Crippen LogP contribution is 2.09. The summed E-state index contributed by atoms with van der Waals surface area (Å²) in [7, 11) is 0. The molecule has 5 nitrogen and oxygen atoms in total. The Balaban J connectivity index is 2.09. The van der Waals surface area contributed by atoms with Crippen LogP contribution in [0.3, 0.4) is 0 Å². The monoisotopic (exact) mass is 214 g/mol. The van der Waals surface area contributed by atoms with Crippen molar-refractivity contribution >= 4 is 11.9 Å². The van der Waals surface area contributed by atoms with Crippen LogP contribution < -0.4 is 10.6 Å². The molecule has 1 rings (SSSR count). The molecule has 3 N–H and O–H groups in total. The molecule has 0 saturated carbocycles. The molecule has 15 heavy (non-hydrogen) atoms. The molecule has 1 aliphatic heterocycles. The first kappa shape index (κ1) is 12.0. The number of carboxylic acids is 1. The summed E-state index contributed by atoms with van der Waals surface area (Å²) in [6, 6.07) is 0. The number of aliphatic carboxylic acids is 1. The van der Waals surface area contributed by atoms with Gasteiger partial charge < -0.3 is 15.7 Å². The van der Waals surface area contributed by atoms with Crippen molar-refractivity contribution in [1.29, 1.82) is 0 Å². The van der Waals surface area contributed by atoms with Crippen LogP contribution in [-0.4, -0.2) is 36.6 Å². The van der Waals surface area contributed by atoms with Gasteiger partial charge in [0.2, 0.25) is 5.91 Å². The molecule has 1 saturated heterocycles. The van der Waals surface area contributed by atoms with E-state index in [1.807, 2.05) is 0 Å². The predicted octanol–water partition coefficient (Wildman–Crippen LogP) is -0.0330. The highest BCUT2D eigenvalue weighted by atomic mass is 16.4. The van der Waals surface area contributed by atoms with Crippen LogP contribution >= 0.6 is 0 Å². The molecule has 1 atom stereocenters. The van der Waals surface area contributed by atoms with Gasteiger partial charge in [-0.3, -0.25) is 9.59 Å². The second-order valence-electron chi connectivity index (χ2n) is 3.83. The normalized spacial score (nSPS) is 20.9. The van der Waals surface area contributed by atoms with Gasteiger partial charge in [0.1, 0.15) is 0 Å². The molecule has 0 spiro atoms. The quantitative estimate of drug-likeness (QED) is 0.561. The third-order valence-electron chi connectivity index (χ3n) is 2.53. The molecule has 1 amide bonds. The lowest BCUT2D eigenvalue weighted by Crippen LogP contribution is -2.40. The number of carbonyl (C=O) groups excluding carboxylic acids is 1. The van der Waals surface area contributed by atoms with Gasteiger partial charge in [0, 0.05) is 19.5 Å². The smallest absolute Gasteiger partial charge is 0.303 e. The molecule has 0 aromatic carbocycles. The van der Waals surface area contributed by atoms with Crippen molar-refractivity contribution in [3.63, 3.8) is 0 Å². The lowest BCUT2D eigenvalue weighted by Gasteiger charge is -2.21. The molecule has 0 radical (unpaired) electrons. The molecule has 86 valence electrons. The van der Waals surface area contributed by atoms with Crippen LogP contribution in [-0.2, 0) is 9.59 Å². The summed E-state index contributed by atoms with van der Waals surface area (Å²) in [5.74, 6) is -0.709. The van der Waals surface area contributed by atoms with E-state index in [0.29, 0.717) is 13.0 Å². The summed E-state index contributed by atoms with van der Waals surface area (Å²) >= 11 is 0. The number of amides is 1. The number of carboxylic acid groups (broad SMARTS) is 1. The molecule has 0 aromatic rings. The minimum atomic E-state index is -0.816. The Kier molecular flexibility index (Phi) is 5.10. The second-order valence-corrected chi connectivity index (χ2v) is 3.83. The van der Waals surface area contributed by atoms with Gasteiger partial charge in [-0.15, -0.1) is 0 Å². The lowest BCUT2D eigenvalue weighted by atomic mass is 9.99. The topological polar surface area (TPSA) is 78.4 Å². The molecule has 5 heteroatoms. The van der Waals surface area contributed by atoms with Gasteiger partial charge in [0.05, 0.1) is 5.92 Å². The molecule has 0 aliphatic carbocycles. The van der Waals surface area contributed by atoms with Crippen LogP contribution in [0.25, 0.3) is 0 Å². The van der Waals surface area contributed by atoms with Crippen molar-refractivity contribution < 1.29 is 14.7 Å². The average molecular weight is 214 g/mol. The van der Waals surface area contributed by atoms with Crippen molar-refractivity contribution in [3.05, 3.63) is 0 Å². The van der Waals surface area contributed by atoms with E-state index >= 15 is 0 Å². The summed E-state index contributed by atoms with van der Waals surface area (Å²) in [4.78, 5) is 21.8. The van der Waals surface area contributed by atoms with Crippen molar-refractivity contribution in [2.24, 2.45) is 5.92 Å². The zero-order valence-corrected chi connectivity index (χ0v) is 8.79. The molecular weight excluding hydrogens is 196 g/mol. The molecule has 1 heterocycles. The minimum Gasteiger partial charge on any atom is -0.481 e. The Morgan fingerprint density at radius 3 is 2.87 bits per heavy atom. The van der Waals surface area contributed by atoms with Gasteiger partial charge in [0.15, 0.2) is 0 Å². The van der Waals surface area contributed by atoms with Crippen molar-refractivity contribution in [1.82, 2.24) is 10.6 Å². The van der Waals surface area contributed by atoms with Crippen LogP contribution in [0.15, 0.2) is 0 Å². The Morgan fingerprint density at radius 2 is 2.27 bits per heavy atom. The summed E-state index contributed by atoms with van der Waals surface area (Å²) in [6.07, 6.45) is 2.58.